The van der Waals surface area contributed by atoms with Crippen LogP contribution in [0.1, 0.15) is 169 Å². The molecule has 0 rings (SSSR count). The Morgan fingerprint density at radius 1 is 0.460 bits per heavy atom. The van der Waals surface area contributed by atoms with E-state index in [1.54, 1.807) is 47.0 Å². The molecule has 6 nitrogen and oxygen atoms in total. The molecule has 0 aromatic heterocycles. The number of ether oxygens (including phenoxy) is 2. The number of thioether (sulfide) groups is 4. The quantitative estimate of drug-likeness (QED) is 0.0369. The zero-order valence-electron chi connectivity index (χ0n) is 32.9. The zero-order valence-corrected chi connectivity index (χ0v) is 36.2. The van der Waals surface area contributed by atoms with E-state index in [2.05, 4.69) is 32.6 Å². The molecule has 0 atom stereocenters. The van der Waals surface area contributed by atoms with Crippen molar-refractivity contribution in [1.82, 2.24) is 4.90 Å². The van der Waals surface area contributed by atoms with Crippen LogP contribution < -0.4 is 0 Å². The van der Waals surface area contributed by atoms with Gasteiger partial charge in [0.1, 0.15) is 9.16 Å². The van der Waals surface area contributed by atoms with Crippen LogP contribution in [-0.4, -0.2) is 93.6 Å². The summed E-state index contributed by atoms with van der Waals surface area (Å²) in [5, 5.41) is 9.28. The third kappa shape index (κ3) is 32.9. The largest absolute Gasteiger partial charge is 0.464 e. The van der Waals surface area contributed by atoms with E-state index < -0.39 is 0 Å². The highest BCUT2D eigenvalue weighted by molar-refractivity contribution is 8.18. The molecule has 0 fully saturated rings. The van der Waals surface area contributed by atoms with Gasteiger partial charge in [0.15, 0.2) is 0 Å². The van der Waals surface area contributed by atoms with Gasteiger partial charge in [-0.3, -0.25) is 0 Å². The number of unbranched alkanes of at least 4 members (excludes halogenated alkanes) is 15. The first-order valence-electron chi connectivity index (χ1n) is 20.7. The van der Waals surface area contributed by atoms with Crippen molar-refractivity contribution in [2.24, 2.45) is 0 Å². The van der Waals surface area contributed by atoms with Crippen molar-refractivity contribution >= 4 is 59.0 Å². The Morgan fingerprint density at radius 3 is 1.10 bits per heavy atom. The number of aliphatic hydroxyl groups is 1. The molecule has 0 saturated heterocycles. The zero-order chi connectivity index (χ0) is 36.8. The predicted molar refractivity (Wildman–Crippen MR) is 227 cm³/mol. The standard InChI is InChI=1S/C40H79NO5S4/c1-5-9-23-33-47-39(48-34-24-10-6-2)37(43)45-31-21-15-13-17-27-41(29-19-20-30-42)28-18-14-16-22-32-46-38(44)40(49-35-25-11-7-3)50-36-26-12-8-4/h39-40,42H,5-36H2,1-4H3. The maximum atomic E-state index is 12.8. The lowest BCUT2D eigenvalue weighted by atomic mass is 10.1. The van der Waals surface area contributed by atoms with Gasteiger partial charge in [-0.1, -0.05) is 105 Å². The van der Waals surface area contributed by atoms with E-state index in [-0.39, 0.29) is 27.7 Å². The minimum atomic E-state index is -0.0769. The molecule has 0 heterocycles. The number of carbonyl (C=O) groups is 2. The van der Waals surface area contributed by atoms with Gasteiger partial charge in [0.25, 0.3) is 0 Å². The summed E-state index contributed by atoms with van der Waals surface area (Å²) >= 11 is 7.11. The van der Waals surface area contributed by atoms with Crippen LogP contribution in [0, 0.1) is 0 Å². The summed E-state index contributed by atoms with van der Waals surface area (Å²) in [4.78, 5) is 28.2. The van der Waals surface area contributed by atoms with Gasteiger partial charge < -0.3 is 19.5 Å². The molecule has 298 valence electrons. The van der Waals surface area contributed by atoms with Crippen molar-refractivity contribution in [2.75, 3.05) is 62.5 Å². The molecule has 0 amide bonds. The van der Waals surface area contributed by atoms with Crippen LogP contribution in [0.15, 0.2) is 0 Å². The predicted octanol–water partition coefficient (Wildman–Crippen LogP) is 11.6. The van der Waals surface area contributed by atoms with Crippen molar-refractivity contribution in [3.05, 3.63) is 0 Å². The minimum absolute atomic E-state index is 0.0287. The van der Waals surface area contributed by atoms with Gasteiger partial charge in [-0.15, -0.1) is 47.0 Å². The summed E-state index contributed by atoms with van der Waals surface area (Å²) in [5.74, 6) is 4.09. The van der Waals surface area contributed by atoms with Crippen LogP contribution in [-0.2, 0) is 19.1 Å². The molecule has 0 aromatic rings. The first-order chi connectivity index (χ1) is 24.5. The number of aliphatic hydroxyl groups excluding tert-OH is 1. The summed E-state index contributed by atoms with van der Waals surface area (Å²) in [5.41, 5.74) is 0. The van der Waals surface area contributed by atoms with E-state index in [0.29, 0.717) is 13.2 Å². The van der Waals surface area contributed by atoms with Gasteiger partial charge in [-0.05, 0) is 107 Å². The maximum absolute atomic E-state index is 12.8. The topological polar surface area (TPSA) is 76.1 Å². The van der Waals surface area contributed by atoms with Crippen molar-refractivity contribution in [3.8, 4) is 0 Å². The molecule has 0 spiro atoms. The third-order valence-corrected chi connectivity index (χ3v) is 14.3. The number of hydrogen-bond acceptors (Lipinski definition) is 10. The summed E-state index contributed by atoms with van der Waals surface area (Å²) in [6.07, 6.45) is 25.0. The van der Waals surface area contributed by atoms with Gasteiger partial charge in [0.05, 0.1) is 13.2 Å². The molecule has 1 N–H and O–H groups in total. The molecular weight excluding hydrogens is 703 g/mol. The summed E-state index contributed by atoms with van der Waals surface area (Å²) in [7, 11) is 0. The lowest BCUT2D eigenvalue weighted by Crippen LogP contribution is -2.27. The van der Waals surface area contributed by atoms with Crippen LogP contribution in [0.3, 0.4) is 0 Å². The van der Waals surface area contributed by atoms with Crippen LogP contribution in [0.4, 0.5) is 0 Å². The van der Waals surface area contributed by atoms with E-state index >= 15 is 0 Å². The second-order valence-corrected chi connectivity index (χ2v) is 18.9. The number of esters is 2. The molecule has 50 heavy (non-hydrogen) atoms. The van der Waals surface area contributed by atoms with E-state index in [0.717, 1.165) is 107 Å². The van der Waals surface area contributed by atoms with E-state index in [9.17, 15) is 14.7 Å². The SMILES string of the molecule is CCCCCSC(SCCCCC)C(=O)OCCCCCCN(CCCCO)CCCCCCOC(=O)C(SCCCCC)SCCCCC. The summed E-state index contributed by atoms with van der Waals surface area (Å²) in [6, 6.07) is 0. The molecule has 10 heteroatoms. The second kappa shape index (κ2) is 40.4. The van der Waals surface area contributed by atoms with Crippen LogP contribution in [0.25, 0.3) is 0 Å². The van der Waals surface area contributed by atoms with Gasteiger partial charge >= 0.3 is 11.9 Å². The van der Waals surface area contributed by atoms with E-state index in [1.807, 2.05) is 0 Å². The van der Waals surface area contributed by atoms with E-state index in [1.165, 1.54) is 77.0 Å². The Morgan fingerprint density at radius 2 is 0.780 bits per heavy atom. The Labute approximate surface area is 327 Å². The number of hydrogen-bond donors (Lipinski definition) is 1. The molecule has 0 aliphatic carbocycles. The molecule has 0 radical (unpaired) electrons. The normalized spacial score (nSPS) is 11.7. The molecule has 0 aliphatic rings. The number of carbonyl (C=O) groups excluding carboxylic acids is 2. The average molecular weight is 782 g/mol. The number of nitrogens with zero attached hydrogens (tertiary/aromatic N) is 1. The van der Waals surface area contributed by atoms with E-state index in [4.69, 9.17) is 9.47 Å². The van der Waals surface area contributed by atoms with Gasteiger partial charge in [-0.25, -0.2) is 9.59 Å². The van der Waals surface area contributed by atoms with Crippen LogP contribution in [0.5, 0.6) is 0 Å². The highest BCUT2D eigenvalue weighted by Crippen LogP contribution is 2.29. The number of rotatable bonds is 40. The molecule has 0 unspecified atom stereocenters. The summed E-state index contributed by atoms with van der Waals surface area (Å²) in [6.45, 7) is 13.4. The van der Waals surface area contributed by atoms with Gasteiger partial charge in [0.2, 0.25) is 0 Å². The Bertz CT molecular complexity index is 658. The molecule has 0 saturated carbocycles. The van der Waals surface area contributed by atoms with Crippen LogP contribution in [0.2, 0.25) is 0 Å². The first kappa shape index (κ1) is 50.3. The maximum Gasteiger partial charge on any atom is 0.329 e. The van der Waals surface area contributed by atoms with Crippen molar-refractivity contribution in [3.63, 3.8) is 0 Å². The Hall–Kier alpha value is 0.260. The van der Waals surface area contributed by atoms with Crippen molar-refractivity contribution < 1.29 is 24.2 Å². The monoisotopic (exact) mass is 781 g/mol. The van der Waals surface area contributed by atoms with Crippen molar-refractivity contribution in [1.29, 1.82) is 0 Å². The smallest absolute Gasteiger partial charge is 0.329 e. The molecule has 0 bridgehead atoms. The minimum Gasteiger partial charge on any atom is -0.464 e. The highest BCUT2D eigenvalue weighted by atomic mass is 32.2. The fraction of sp³-hybridized carbons (Fsp3) is 0.950. The Kier molecular flexibility index (Phi) is 40.7. The fourth-order valence-corrected chi connectivity index (χ4v) is 10.5. The lowest BCUT2D eigenvalue weighted by Gasteiger charge is -2.22. The van der Waals surface area contributed by atoms with Crippen LogP contribution >= 0.6 is 47.0 Å². The average Bonchev–Trinajstić information content (AvgIpc) is 3.12. The third-order valence-electron chi connectivity index (χ3n) is 8.56. The molecule has 0 aromatic carbocycles. The van der Waals surface area contributed by atoms with Crippen molar-refractivity contribution in [2.45, 2.75) is 178 Å². The molecular formula is C40H79NO5S4. The fourth-order valence-electron chi connectivity index (χ4n) is 5.38. The van der Waals surface area contributed by atoms with Gasteiger partial charge in [-0.2, -0.15) is 0 Å². The lowest BCUT2D eigenvalue weighted by molar-refractivity contribution is -0.142. The second-order valence-electron chi connectivity index (χ2n) is 13.4. The summed E-state index contributed by atoms with van der Waals surface area (Å²) < 4.78 is 11.3. The highest BCUT2D eigenvalue weighted by Gasteiger charge is 2.22. The first-order valence-corrected chi connectivity index (χ1v) is 24.9. The Balaban J connectivity index is 4.30. The molecule has 0 aliphatic heterocycles. The van der Waals surface area contributed by atoms with Gasteiger partial charge in [0, 0.05) is 6.61 Å².